The summed E-state index contributed by atoms with van der Waals surface area (Å²) in [6, 6.07) is 21.2. The number of rotatable bonds is 3. The van der Waals surface area contributed by atoms with Gasteiger partial charge < -0.3 is 0 Å². The number of hydrogen-bond donors (Lipinski definition) is 0. The number of nitrogens with zero attached hydrogens (tertiary/aromatic N) is 1. The van der Waals surface area contributed by atoms with E-state index in [2.05, 4.69) is 93.2 Å². The Kier molecular flexibility index (Phi) is 5.19. The van der Waals surface area contributed by atoms with Crippen molar-refractivity contribution < 1.29 is 4.57 Å². The quantitative estimate of drug-likeness (QED) is 0.177. The lowest BCUT2D eigenvalue weighted by molar-refractivity contribution is -0.659. The maximum Gasteiger partial charge on any atom is 0.222 e. The fourth-order valence-electron chi connectivity index (χ4n) is 6.93. The highest BCUT2D eigenvalue weighted by Gasteiger charge is 2.32. The van der Waals surface area contributed by atoms with Crippen molar-refractivity contribution in [2.45, 2.75) is 68.6 Å². The minimum absolute atomic E-state index is 0.609. The zero-order valence-corrected chi connectivity index (χ0v) is 22.6. The van der Waals surface area contributed by atoms with Crippen molar-refractivity contribution in [3.05, 3.63) is 77.5 Å². The molecular weight excluding hydrogens is 454 g/mol. The minimum atomic E-state index is 0.609. The van der Waals surface area contributed by atoms with Crippen molar-refractivity contribution in [2.75, 3.05) is 0 Å². The second-order valence-corrected chi connectivity index (χ2v) is 12.5. The molecule has 180 valence electrons. The van der Waals surface area contributed by atoms with Crippen LogP contribution in [0.3, 0.4) is 0 Å². The number of aromatic nitrogens is 1. The fraction of sp³-hybridized carbons (Fsp3) is 0.324. The molecule has 0 spiro atoms. The molecule has 4 aromatic carbocycles. The first-order valence-corrected chi connectivity index (χ1v) is 14.4. The second kappa shape index (κ2) is 8.35. The largest absolute Gasteiger partial charge is 0.222 e. The van der Waals surface area contributed by atoms with Gasteiger partial charge in [0.1, 0.15) is 7.05 Å². The summed E-state index contributed by atoms with van der Waals surface area (Å²) in [7, 11) is 2.23. The van der Waals surface area contributed by atoms with Gasteiger partial charge in [0.2, 0.25) is 5.69 Å². The van der Waals surface area contributed by atoms with Gasteiger partial charge >= 0.3 is 0 Å². The molecule has 7 rings (SSSR count). The molecule has 0 bridgehead atoms. The molecule has 2 aliphatic rings. The molecule has 2 heterocycles. The summed E-state index contributed by atoms with van der Waals surface area (Å²) in [6.07, 6.45) is 8.83. The number of fused-ring (bicyclic) bond motifs is 5. The average Bonchev–Trinajstić information content (AvgIpc) is 3.42. The van der Waals surface area contributed by atoms with Gasteiger partial charge in [-0.2, -0.15) is 0 Å². The van der Waals surface area contributed by atoms with Crippen LogP contribution in [0.5, 0.6) is 0 Å². The first kappa shape index (κ1) is 22.4. The van der Waals surface area contributed by atoms with Gasteiger partial charge in [0.05, 0.1) is 10.9 Å². The van der Waals surface area contributed by atoms with Crippen LogP contribution in [0, 0.1) is 12.8 Å². The topological polar surface area (TPSA) is 3.88 Å². The van der Waals surface area contributed by atoms with Crippen molar-refractivity contribution in [1.82, 2.24) is 0 Å². The molecule has 0 saturated heterocycles. The van der Waals surface area contributed by atoms with Gasteiger partial charge in [0.15, 0.2) is 6.20 Å². The second-order valence-electron chi connectivity index (χ2n) is 11.5. The summed E-state index contributed by atoms with van der Waals surface area (Å²) in [5.41, 5.74) is 7.30. The van der Waals surface area contributed by atoms with Crippen molar-refractivity contribution in [3.63, 3.8) is 0 Å². The highest BCUT2D eigenvalue weighted by molar-refractivity contribution is 8.00. The Morgan fingerprint density at radius 1 is 0.917 bits per heavy atom. The molecule has 1 nitrogen and oxygen atoms in total. The molecule has 1 aromatic heterocycles. The average molecular weight is 489 g/mol. The molecule has 1 fully saturated rings. The van der Waals surface area contributed by atoms with Gasteiger partial charge in [-0.25, -0.2) is 4.57 Å². The van der Waals surface area contributed by atoms with Gasteiger partial charge in [0, 0.05) is 21.2 Å². The fourth-order valence-corrected chi connectivity index (χ4v) is 8.32. The summed E-state index contributed by atoms with van der Waals surface area (Å²) in [6.45, 7) is 7.03. The van der Waals surface area contributed by atoms with E-state index in [0.29, 0.717) is 5.92 Å². The van der Waals surface area contributed by atoms with Gasteiger partial charge in [0.25, 0.3) is 0 Å². The Morgan fingerprint density at radius 2 is 1.69 bits per heavy atom. The summed E-state index contributed by atoms with van der Waals surface area (Å²) in [4.78, 5) is 2.88. The molecule has 1 aliphatic carbocycles. The van der Waals surface area contributed by atoms with Crippen molar-refractivity contribution >= 4 is 44.1 Å². The van der Waals surface area contributed by atoms with Gasteiger partial charge in [-0.15, -0.1) is 0 Å². The van der Waals surface area contributed by atoms with E-state index >= 15 is 0 Å². The Balaban J connectivity index is 1.58. The van der Waals surface area contributed by atoms with E-state index in [1.807, 2.05) is 11.8 Å². The van der Waals surface area contributed by atoms with E-state index in [9.17, 15) is 0 Å². The zero-order chi connectivity index (χ0) is 24.6. The summed E-state index contributed by atoms with van der Waals surface area (Å²) < 4.78 is 2.37. The molecule has 0 amide bonds. The zero-order valence-electron chi connectivity index (χ0n) is 21.8. The number of hydrogen-bond acceptors (Lipinski definition) is 1. The lowest BCUT2D eigenvalue weighted by Gasteiger charge is -2.26. The van der Waals surface area contributed by atoms with E-state index in [1.54, 1.807) is 0 Å². The highest BCUT2D eigenvalue weighted by Crippen LogP contribution is 2.53. The normalized spacial score (nSPS) is 15.5. The van der Waals surface area contributed by atoms with Crippen LogP contribution in [-0.4, -0.2) is 0 Å². The molecule has 1 saturated carbocycles. The lowest BCUT2D eigenvalue weighted by Crippen LogP contribution is -2.32. The lowest BCUT2D eigenvalue weighted by atomic mass is 9.87. The maximum atomic E-state index is 2.52. The van der Waals surface area contributed by atoms with Gasteiger partial charge in [-0.05, 0) is 82.3 Å². The van der Waals surface area contributed by atoms with E-state index in [4.69, 9.17) is 0 Å². The molecule has 36 heavy (non-hydrogen) atoms. The van der Waals surface area contributed by atoms with Crippen molar-refractivity contribution in [3.8, 4) is 11.3 Å². The van der Waals surface area contributed by atoms with Crippen LogP contribution in [0.1, 0.15) is 62.1 Å². The third kappa shape index (κ3) is 3.27. The van der Waals surface area contributed by atoms with E-state index in [0.717, 1.165) is 12.3 Å². The van der Waals surface area contributed by atoms with Crippen LogP contribution in [0.25, 0.3) is 43.6 Å². The highest BCUT2D eigenvalue weighted by atomic mass is 32.2. The summed E-state index contributed by atoms with van der Waals surface area (Å²) in [5, 5.41) is 8.46. The Bertz CT molecular complexity index is 1690. The predicted molar refractivity (Wildman–Crippen MR) is 154 cm³/mol. The molecular formula is C34H34NS+. The van der Waals surface area contributed by atoms with Crippen molar-refractivity contribution in [2.24, 2.45) is 13.0 Å². The number of benzene rings is 4. The van der Waals surface area contributed by atoms with E-state index < -0.39 is 0 Å². The Hall–Kier alpha value is -2.84. The van der Waals surface area contributed by atoms with Gasteiger partial charge in [-0.1, -0.05) is 80.9 Å². The SMILES string of the molecule is Cc1c2c(c(CC(C)C)c3ccccc13)Sc1cc3ccc(C4CCCC4)cc3c3cc[n+](C)c-2c13. The van der Waals surface area contributed by atoms with Crippen LogP contribution in [-0.2, 0) is 13.5 Å². The number of aryl methyl sites for hydroxylation is 2. The molecule has 0 atom stereocenters. The van der Waals surface area contributed by atoms with Crippen molar-refractivity contribution in [1.29, 1.82) is 0 Å². The third-order valence-corrected chi connectivity index (χ3v) is 9.84. The van der Waals surface area contributed by atoms with E-state index in [-0.39, 0.29) is 0 Å². The monoisotopic (exact) mass is 488 g/mol. The Labute approximate surface area is 218 Å². The molecule has 2 heteroatoms. The van der Waals surface area contributed by atoms with Crippen LogP contribution < -0.4 is 4.57 Å². The van der Waals surface area contributed by atoms with E-state index in [1.165, 1.54) is 95.7 Å². The maximum absolute atomic E-state index is 2.52. The van der Waals surface area contributed by atoms with Crippen LogP contribution >= 0.6 is 11.8 Å². The smallest absolute Gasteiger partial charge is 0.200 e. The number of pyridine rings is 1. The summed E-state index contributed by atoms with van der Waals surface area (Å²) >= 11 is 2.01. The molecule has 0 N–H and O–H groups in total. The summed E-state index contributed by atoms with van der Waals surface area (Å²) in [5.74, 6) is 1.34. The van der Waals surface area contributed by atoms with Crippen LogP contribution in [0.4, 0.5) is 0 Å². The van der Waals surface area contributed by atoms with Gasteiger partial charge in [-0.3, -0.25) is 0 Å². The molecule has 0 unspecified atom stereocenters. The standard InChI is InChI=1S/C34H34NS/c1-20(2)17-29-26-12-8-7-11-25(26)21(3)31-33-32-27(15-16-35(33)4)28-18-23(22-9-5-6-10-22)13-14-24(28)19-30(32)36-34(29)31/h7-8,11-16,18-20,22H,5-6,9-10,17H2,1-4H3/q+1. The molecule has 5 aromatic rings. The van der Waals surface area contributed by atoms with Crippen LogP contribution in [0.2, 0.25) is 0 Å². The molecule has 0 radical (unpaired) electrons. The third-order valence-electron chi connectivity index (χ3n) is 8.64. The Morgan fingerprint density at radius 3 is 2.47 bits per heavy atom. The first-order valence-electron chi connectivity index (χ1n) is 13.6. The minimum Gasteiger partial charge on any atom is -0.200 e. The first-order chi connectivity index (χ1) is 17.5. The van der Waals surface area contributed by atoms with Crippen LogP contribution in [0.15, 0.2) is 70.6 Å². The molecule has 1 aliphatic heterocycles. The predicted octanol–water partition coefficient (Wildman–Crippen LogP) is 9.27.